The number of hydrogen-bond donors (Lipinski definition) is 2. The van der Waals surface area contributed by atoms with Crippen LogP contribution in [0.5, 0.6) is 0 Å². The molecule has 2 aliphatic rings. The number of hydrogen-bond acceptors (Lipinski definition) is 2. The molecule has 4 nitrogen and oxygen atoms in total. The first-order valence-electron chi connectivity index (χ1n) is 7.30. The van der Waals surface area contributed by atoms with Gasteiger partial charge in [-0.15, -0.1) is 0 Å². The van der Waals surface area contributed by atoms with Crippen LogP contribution in [-0.2, 0) is 16.1 Å². The van der Waals surface area contributed by atoms with Crippen molar-refractivity contribution < 1.29 is 9.59 Å². The van der Waals surface area contributed by atoms with Gasteiger partial charge < -0.3 is 10.6 Å². The minimum atomic E-state index is -0.134. The lowest BCUT2D eigenvalue weighted by molar-refractivity contribution is -0.128. The highest BCUT2D eigenvalue weighted by Crippen LogP contribution is 2.54. The summed E-state index contributed by atoms with van der Waals surface area (Å²) >= 11 is 0. The molecule has 2 saturated carbocycles. The monoisotopic (exact) mass is 272 g/mol. The average molecular weight is 272 g/mol. The molecule has 1 aromatic rings. The minimum absolute atomic E-state index is 0.0482. The second-order valence-corrected chi connectivity index (χ2v) is 5.90. The predicted molar refractivity (Wildman–Crippen MR) is 75.6 cm³/mol. The van der Waals surface area contributed by atoms with Gasteiger partial charge >= 0.3 is 0 Å². The van der Waals surface area contributed by atoms with Crippen LogP contribution in [0.15, 0.2) is 30.3 Å². The number of rotatable bonds is 5. The number of benzene rings is 1. The Balaban J connectivity index is 1.35. The molecule has 0 heterocycles. The zero-order valence-electron chi connectivity index (χ0n) is 11.5. The molecule has 2 amide bonds. The molecule has 20 heavy (non-hydrogen) atoms. The van der Waals surface area contributed by atoms with Crippen LogP contribution >= 0.6 is 0 Å². The van der Waals surface area contributed by atoms with Crippen molar-refractivity contribution in [1.29, 1.82) is 0 Å². The molecule has 106 valence electrons. The van der Waals surface area contributed by atoms with Gasteiger partial charge in [-0.05, 0) is 36.7 Å². The molecular weight excluding hydrogens is 252 g/mol. The van der Waals surface area contributed by atoms with Crippen molar-refractivity contribution in [2.75, 3.05) is 6.54 Å². The maximum Gasteiger partial charge on any atom is 0.239 e. The Morgan fingerprint density at radius 3 is 2.40 bits per heavy atom. The van der Waals surface area contributed by atoms with E-state index in [4.69, 9.17) is 0 Å². The Hall–Kier alpha value is -1.84. The third-order valence-electron chi connectivity index (χ3n) is 4.37. The lowest BCUT2D eigenvalue weighted by Gasteiger charge is -2.12. The number of carbonyl (C=O) groups is 2. The van der Waals surface area contributed by atoms with Crippen LogP contribution in [0.25, 0.3) is 0 Å². The molecule has 2 aliphatic carbocycles. The van der Waals surface area contributed by atoms with E-state index in [1.54, 1.807) is 0 Å². The highest BCUT2D eigenvalue weighted by atomic mass is 16.2. The van der Waals surface area contributed by atoms with E-state index in [0.29, 0.717) is 6.54 Å². The summed E-state index contributed by atoms with van der Waals surface area (Å²) in [6.07, 6.45) is 3.34. The van der Waals surface area contributed by atoms with Crippen molar-refractivity contribution in [3.8, 4) is 0 Å². The fourth-order valence-corrected chi connectivity index (χ4v) is 3.10. The van der Waals surface area contributed by atoms with Crippen LogP contribution in [0, 0.1) is 17.8 Å². The zero-order valence-corrected chi connectivity index (χ0v) is 11.5. The molecule has 0 radical (unpaired) electrons. The Labute approximate surface area is 118 Å². The minimum Gasteiger partial charge on any atom is -0.350 e. The quantitative estimate of drug-likeness (QED) is 0.852. The van der Waals surface area contributed by atoms with Crippen molar-refractivity contribution in [2.24, 2.45) is 17.8 Å². The van der Waals surface area contributed by atoms with E-state index in [9.17, 15) is 9.59 Å². The van der Waals surface area contributed by atoms with Gasteiger partial charge in [0, 0.05) is 12.5 Å². The summed E-state index contributed by atoms with van der Waals surface area (Å²) in [5.74, 6) is 1.63. The Bertz CT molecular complexity index is 490. The van der Waals surface area contributed by atoms with Gasteiger partial charge in [-0.25, -0.2) is 0 Å². The Morgan fingerprint density at radius 2 is 1.70 bits per heavy atom. The molecule has 2 N–H and O–H groups in total. The van der Waals surface area contributed by atoms with Crippen molar-refractivity contribution in [3.63, 3.8) is 0 Å². The zero-order chi connectivity index (χ0) is 13.9. The van der Waals surface area contributed by atoms with Gasteiger partial charge in [-0.3, -0.25) is 9.59 Å². The van der Waals surface area contributed by atoms with E-state index in [2.05, 4.69) is 10.6 Å². The predicted octanol–water partition coefficient (Wildman–Crippen LogP) is 1.47. The van der Waals surface area contributed by atoms with Crippen molar-refractivity contribution in [2.45, 2.75) is 25.8 Å². The van der Waals surface area contributed by atoms with Crippen LogP contribution in [-0.4, -0.2) is 18.4 Å². The lowest BCUT2D eigenvalue weighted by atomic mass is 10.0. The summed E-state index contributed by atoms with van der Waals surface area (Å²) in [5.41, 5.74) is 1.06. The largest absolute Gasteiger partial charge is 0.350 e. The Morgan fingerprint density at radius 1 is 1.00 bits per heavy atom. The number of nitrogens with one attached hydrogen (secondary N) is 2. The Kier molecular flexibility index (Phi) is 3.72. The summed E-state index contributed by atoms with van der Waals surface area (Å²) in [6.45, 7) is 0.584. The summed E-state index contributed by atoms with van der Waals surface area (Å²) < 4.78 is 0. The average Bonchev–Trinajstić information content (AvgIpc) is 3.09. The molecule has 0 aromatic heterocycles. The number of carbonyl (C=O) groups excluding carboxylic acids is 2. The van der Waals surface area contributed by atoms with Crippen LogP contribution in [0.3, 0.4) is 0 Å². The molecule has 0 saturated heterocycles. The van der Waals surface area contributed by atoms with Crippen molar-refractivity contribution >= 4 is 11.8 Å². The lowest BCUT2D eigenvalue weighted by Crippen LogP contribution is -2.39. The standard InChI is InChI=1S/C16H20N2O2/c19-15(17-9-11-4-2-1-3-5-11)10-18-16(20)14-7-12-6-13(12)8-14/h1-5,12-14H,6-10H2,(H,17,19)(H,18,20). The first-order chi connectivity index (χ1) is 9.72. The number of amides is 2. The third kappa shape index (κ3) is 3.18. The van der Waals surface area contributed by atoms with Gasteiger partial charge in [-0.1, -0.05) is 30.3 Å². The summed E-state index contributed by atoms with van der Waals surface area (Å²) in [4.78, 5) is 23.6. The molecule has 2 atom stereocenters. The van der Waals surface area contributed by atoms with E-state index in [1.165, 1.54) is 6.42 Å². The molecule has 1 aromatic carbocycles. The molecule has 2 unspecified atom stereocenters. The molecular formula is C16H20N2O2. The highest BCUT2D eigenvalue weighted by molar-refractivity contribution is 5.86. The summed E-state index contributed by atoms with van der Waals surface area (Å²) in [6, 6.07) is 9.74. The van der Waals surface area contributed by atoms with Crippen LogP contribution < -0.4 is 10.6 Å². The molecule has 3 rings (SSSR count). The molecule has 0 spiro atoms. The van der Waals surface area contributed by atoms with Crippen LogP contribution in [0.1, 0.15) is 24.8 Å². The van der Waals surface area contributed by atoms with Gasteiger partial charge in [0.1, 0.15) is 0 Å². The van der Waals surface area contributed by atoms with Crippen molar-refractivity contribution in [1.82, 2.24) is 10.6 Å². The number of fused-ring (bicyclic) bond motifs is 1. The second kappa shape index (κ2) is 5.65. The van der Waals surface area contributed by atoms with E-state index in [-0.39, 0.29) is 24.3 Å². The normalized spacial score (nSPS) is 26.7. The molecule has 2 fully saturated rings. The SMILES string of the molecule is O=C(CNC(=O)C1CC2CC2C1)NCc1ccccc1. The first-order valence-corrected chi connectivity index (χ1v) is 7.30. The van der Waals surface area contributed by atoms with Crippen LogP contribution in [0.2, 0.25) is 0 Å². The molecule has 4 heteroatoms. The first kappa shape index (κ1) is 13.2. The fraction of sp³-hybridized carbons (Fsp3) is 0.500. The van der Waals surface area contributed by atoms with Crippen LogP contribution in [0.4, 0.5) is 0 Å². The fourth-order valence-electron chi connectivity index (χ4n) is 3.10. The van der Waals surface area contributed by atoms with E-state index in [1.807, 2.05) is 30.3 Å². The second-order valence-electron chi connectivity index (χ2n) is 5.90. The third-order valence-corrected chi connectivity index (χ3v) is 4.37. The summed E-state index contributed by atoms with van der Waals surface area (Å²) in [5, 5.41) is 5.56. The molecule has 0 aliphatic heterocycles. The van der Waals surface area contributed by atoms with Gasteiger partial charge in [0.25, 0.3) is 0 Å². The van der Waals surface area contributed by atoms with Gasteiger partial charge in [-0.2, -0.15) is 0 Å². The smallest absolute Gasteiger partial charge is 0.239 e. The van der Waals surface area contributed by atoms with Gasteiger partial charge in [0.15, 0.2) is 0 Å². The maximum atomic E-state index is 11.9. The van der Waals surface area contributed by atoms with E-state index in [0.717, 1.165) is 30.2 Å². The van der Waals surface area contributed by atoms with E-state index >= 15 is 0 Å². The topological polar surface area (TPSA) is 58.2 Å². The molecule has 0 bridgehead atoms. The highest BCUT2D eigenvalue weighted by Gasteiger charge is 2.47. The van der Waals surface area contributed by atoms with Gasteiger partial charge in [0.05, 0.1) is 6.54 Å². The summed E-state index contributed by atoms with van der Waals surface area (Å²) in [7, 11) is 0. The van der Waals surface area contributed by atoms with Gasteiger partial charge in [0.2, 0.25) is 11.8 Å². The van der Waals surface area contributed by atoms with E-state index < -0.39 is 0 Å². The maximum absolute atomic E-state index is 11.9. The van der Waals surface area contributed by atoms with Crippen molar-refractivity contribution in [3.05, 3.63) is 35.9 Å².